The average Bonchev–Trinajstić information content (AvgIpc) is 2.43. The first-order valence-corrected chi connectivity index (χ1v) is 6.39. The number of nitrogens with one attached hydrogen (secondary N) is 1. The number of anilines is 1. The van der Waals surface area contributed by atoms with Crippen LogP contribution in [0.5, 0.6) is 0 Å². The van der Waals surface area contributed by atoms with Crippen LogP contribution in [0.2, 0.25) is 0 Å². The number of halogens is 2. The molecule has 1 rings (SSSR count). The molecule has 0 aromatic heterocycles. The summed E-state index contributed by atoms with van der Waals surface area (Å²) >= 11 is 0. The Hall–Kier alpha value is -2.16. The topological polar surface area (TPSA) is 56.1 Å². The van der Waals surface area contributed by atoms with E-state index in [0.717, 1.165) is 12.1 Å². The van der Waals surface area contributed by atoms with Gasteiger partial charge in [0.15, 0.2) is 11.6 Å². The van der Waals surface area contributed by atoms with Crippen molar-refractivity contribution in [3.05, 3.63) is 29.3 Å². The number of benzene rings is 1. The lowest BCUT2D eigenvalue weighted by molar-refractivity contribution is -0.131. The van der Waals surface area contributed by atoms with Crippen molar-refractivity contribution in [3.63, 3.8) is 0 Å². The minimum absolute atomic E-state index is 0.103. The minimum Gasteiger partial charge on any atom is -0.369 e. The van der Waals surface area contributed by atoms with Crippen LogP contribution in [0.3, 0.4) is 0 Å². The van der Waals surface area contributed by atoms with Gasteiger partial charge in [-0.2, -0.15) is 5.26 Å². The first kappa shape index (κ1) is 15.9. The molecule has 0 aliphatic rings. The van der Waals surface area contributed by atoms with E-state index < -0.39 is 23.4 Å². The summed E-state index contributed by atoms with van der Waals surface area (Å²) in [6.07, 6.45) is 0. The lowest BCUT2D eigenvalue weighted by atomic mass is 10.1. The number of hydrogen-bond acceptors (Lipinski definition) is 3. The molecule has 1 aromatic rings. The van der Waals surface area contributed by atoms with E-state index in [4.69, 9.17) is 5.26 Å². The third-order valence-corrected chi connectivity index (χ3v) is 2.98. The van der Waals surface area contributed by atoms with Crippen molar-refractivity contribution in [3.8, 4) is 6.07 Å². The number of rotatable bonds is 5. The van der Waals surface area contributed by atoms with Crippen molar-refractivity contribution in [1.29, 1.82) is 5.26 Å². The Bertz CT molecular complexity index is 513. The zero-order chi connectivity index (χ0) is 15.3. The SMILES string of the molecule is CCN(CC)C(=O)C(C)Nc1c(F)cc(C#N)cc1F. The van der Waals surface area contributed by atoms with Gasteiger partial charge in [-0.05, 0) is 32.9 Å². The summed E-state index contributed by atoms with van der Waals surface area (Å²) in [6, 6.07) is 2.77. The Morgan fingerprint density at radius 2 is 1.85 bits per heavy atom. The third-order valence-electron chi connectivity index (χ3n) is 2.98. The molecule has 0 aliphatic carbocycles. The van der Waals surface area contributed by atoms with Gasteiger partial charge in [0, 0.05) is 13.1 Å². The molecule has 0 saturated heterocycles. The Balaban J connectivity index is 2.94. The summed E-state index contributed by atoms with van der Waals surface area (Å²) in [5.41, 5.74) is -0.495. The fraction of sp³-hybridized carbons (Fsp3) is 0.429. The third kappa shape index (κ3) is 3.44. The van der Waals surface area contributed by atoms with Crippen molar-refractivity contribution in [2.45, 2.75) is 26.8 Å². The molecule has 1 amide bonds. The van der Waals surface area contributed by atoms with Gasteiger partial charge in [-0.1, -0.05) is 0 Å². The first-order valence-electron chi connectivity index (χ1n) is 6.39. The van der Waals surface area contributed by atoms with E-state index in [1.165, 1.54) is 6.92 Å². The molecule has 1 atom stereocenters. The van der Waals surface area contributed by atoms with E-state index in [0.29, 0.717) is 13.1 Å². The number of amides is 1. The van der Waals surface area contributed by atoms with Gasteiger partial charge < -0.3 is 10.2 Å². The van der Waals surface area contributed by atoms with Gasteiger partial charge in [0.05, 0.1) is 11.6 Å². The molecule has 1 unspecified atom stereocenters. The lowest BCUT2D eigenvalue weighted by Crippen LogP contribution is -2.41. The van der Waals surface area contributed by atoms with Gasteiger partial charge in [-0.3, -0.25) is 4.79 Å². The summed E-state index contributed by atoms with van der Waals surface area (Å²) in [6.45, 7) is 6.26. The zero-order valence-corrected chi connectivity index (χ0v) is 11.7. The summed E-state index contributed by atoms with van der Waals surface area (Å²) in [7, 11) is 0. The van der Waals surface area contributed by atoms with E-state index in [9.17, 15) is 13.6 Å². The van der Waals surface area contributed by atoms with Crippen molar-refractivity contribution in [2.75, 3.05) is 18.4 Å². The fourth-order valence-electron chi connectivity index (χ4n) is 1.86. The van der Waals surface area contributed by atoms with Crippen molar-refractivity contribution < 1.29 is 13.6 Å². The second-order valence-corrected chi connectivity index (χ2v) is 4.30. The number of carbonyl (C=O) groups excluding carboxylic acids is 1. The van der Waals surface area contributed by atoms with Crippen molar-refractivity contribution in [1.82, 2.24) is 4.90 Å². The Labute approximate surface area is 117 Å². The normalized spacial score (nSPS) is 11.6. The highest BCUT2D eigenvalue weighted by Crippen LogP contribution is 2.21. The highest BCUT2D eigenvalue weighted by molar-refractivity contribution is 5.84. The van der Waals surface area contributed by atoms with Crippen LogP contribution < -0.4 is 5.32 Å². The molecule has 0 heterocycles. The number of nitrogens with zero attached hydrogens (tertiary/aromatic N) is 2. The van der Waals surface area contributed by atoms with Gasteiger partial charge >= 0.3 is 0 Å². The maximum atomic E-state index is 13.7. The van der Waals surface area contributed by atoms with Crippen LogP contribution in [0.1, 0.15) is 26.3 Å². The average molecular weight is 281 g/mol. The molecule has 0 saturated carbocycles. The molecule has 1 N–H and O–H groups in total. The van der Waals surface area contributed by atoms with Crippen LogP contribution in [0.4, 0.5) is 14.5 Å². The van der Waals surface area contributed by atoms with Gasteiger partial charge in [-0.15, -0.1) is 0 Å². The molecule has 6 heteroatoms. The molecule has 0 bridgehead atoms. The maximum absolute atomic E-state index is 13.7. The molecule has 108 valence electrons. The second kappa shape index (κ2) is 6.85. The van der Waals surface area contributed by atoms with Gasteiger partial charge in [0.2, 0.25) is 5.91 Å². The van der Waals surface area contributed by atoms with Crippen LogP contribution in [-0.2, 0) is 4.79 Å². The summed E-state index contributed by atoms with van der Waals surface area (Å²) in [5, 5.41) is 11.1. The standard InChI is InChI=1S/C14H17F2N3O/c1-4-19(5-2)14(20)9(3)18-13-11(15)6-10(8-17)7-12(13)16/h6-7,9,18H,4-5H2,1-3H3. The highest BCUT2D eigenvalue weighted by atomic mass is 19.1. The van der Waals surface area contributed by atoms with E-state index in [1.54, 1.807) is 11.0 Å². The smallest absolute Gasteiger partial charge is 0.244 e. The van der Waals surface area contributed by atoms with Crippen molar-refractivity contribution >= 4 is 11.6 Å². The molecule has 0 spiro atoms. The Morgan fingerprint density at radius 1 is 1.35 bits per heavy atom. The molecule has 0 radical (unpaired) electrons. The summed E-state index contributed by atoms with van der Waals surface area (Å²) in [4.78, 5) is 13.6. The van der Waals surface area contributed by atoms with Gasteiger partial charge in [0.25, 0.3) is 0 Å². The lowest BCUT2D eigenvalue weighted by Gasteiger charge is -2.24. The Morgan fingerprint density at radius 3 is 2.25 bits per heavy atom. The molecule has 4 nitrogen and oxygen atoms in total. The number of hydrogen-bond donors (Lipinski definition) is 1. The van der Waals surface area contributed by atoms with Gasteiger partial charge in [0.1, 0.15) is 11.7 Å². The summed E-state index contributed by atoms with van der Waals surface area (Å²) < 4.78 is 27.4. The van der Waals surface area contributed by atoms with Crippen LogP contribution in [0.15, 0.2) is 12.1 Å². The molecule has 0 fully saturated rings. The zero-order valence-electron chi connectivity index (χ0n) is 11.7. The predicted molar refractivity (Wildman–Crippen MR) is 72.1 cm³/mol. The van der Waals surface area contributed by atoms with E-state index in [1.807, 2.05) is 13.8 Å². The van der Waals surface area contributed by atoms with Crippen LogP contribution in [0, 0.1) is 23.0 Å². The molecular formula is C14H17F2N3O. The number of likely N-dealkylation sites (N-methyl/N-ethyl adjacent to an activating group) is 1. The molecule has 20 heavy (non-hydrogen) atoms. The number of nitriles is 1. The first-order chi connectivity index (χ1) is 9.44. The van der Waals surface area contributed by atoms with Crippen LogP contribution >= 0.6 is 0 Å². The fourth-order valence-corrected chi connectivity index (χ4v) is 1.86. The van der Waals surface area contributed by atoms with Crippen LogP contribution in [-0.4, -0.2) is 29.9 Å². The number of carbonyl (C=O) groups is 1. The Kier molecular flexibility index (Phi) is 5.44. The highest BCUT2D eigenvalue weighted by Gasteiger charge is 2.21. The molecule has 1 aromatic carbocycles. The van der Waals surface area contributed by atoms with E-state index >= 15 is 0 Å². The largest absolute Gasteiger partial charge is 0.369 e. The monoisotopic (exact) mass is 281 g/mol. The minimum atomic E-state index is -0.888. The summed E-state index contributed by atoms with van der Waals surface area (Å²) in [5.74, 6) is -2.01. The van der Waals surface area contributed by atoms with E-state index in [2.05, 4.69) is 5.32 Å². The maximum Gasteiger partial charge on any atom is 0.244 e. The van der Waals surface area contributed by atoms with Gasteiger partial charge in [-0.25, -0.2) is 8.78 Å². The van der Waals surface area contributed by atoms with Crippen LogP contribution in [0.25, 0.3) is 0 Å². The van der Waals surface area contributed by atoms with Crippen molar-refractivity contribution in [2.24, 2.45) is 0 Å². The van der Waals surface area contributed by atoms with E-state index in [-0.39, 0.29) is 11.5 Å². The second-order valence-electron chi connectivity index (χ2n) is 4.30. The molecule has 0 aliphatic heterocycles. The molecular weight excluding hydrogens is 264 g/mol. The quantitative estimate of drug-likeness (QED) is 0.902. The predicted octanol–water partition coefficient (Wildman–Crippen LogP) is 2.51.